The first kappa shape index (κ1) is 17.8. The molecule has 0 aromatic heterocycles. The highest BCUT2D eigenvalue weighted by molar-refractivity contribution is 7.98. The van der Waals surface area contributed by atoms with E-state index in [4.69, 9.17) is 0 Å². The molecule has 0 spiro atoms. The van der Waals surface area contributed by atoms with Gasteiger partial charge in [0.2, 0.25) is 0 Å². The number of carbonyl (C=O) groups excluding carboxylic acids is 1. The first-order valence-corrected chi connectivity index (χ1v) is 9.84. The molecule has 25 heavy (non-hydrogen) atoms. The number of thioether (sulfide) groups is 1. The number of rotatable bonds is 4. The van der Waals surface area contributed by atoms with E-state index in [1.807, 2.05) is 35.4 Å². The normalized spacial score (nSPS) is 15.2. The van der Waals surface area contributed by atoms with Crippen molar-refractivity contribution in [2.45, 2.75) is 18.4 Å². The average molecular weight is 356 g/mol. The van der Waals surface area contributed by atoms with Crippen LogP contribution in [0.2, 0.25) is 0 Å². The van der Waals surface area contributed by atoms with E-state index >= 15 is 0 Å². The molecule has 5 heteroatoms. The monoisotopic (exact) mass is 355 g/mol. The van der Waals surface area contributed by atoms with Crippen LogP contribution in [0, 0.1) is 6.92 Å². The molecule has 132 valence electrons. The van der Waals surface area contributed by atoms with Crippen LogP contribution in [0.4, 0.5) is 10.5 Å². The van der Waals surface area contributed by atoms with Gasteiger partial charge in [-0.25, -0.2) is 4.79 Å². The standard InChI is InChI=1S/C20H25N3OS/c1-16-6-8-17(9-7-16)15-22-10-12-23(13-11-22)20(24)21-18-4-3-5-19(14-18)25-2/h3-9,14H,10-13,15H2,1-2H3,(H,21,24). The number of benzene rings is 2. The fraction of sp³-hybridized carbons (Fsp3) is 0.350. The minimum absolute atomic E-state index is 0.00626. The van der Waals surface area contributed by atoms with E-state index in [-0.39, 0.29) is 6.03 Å². The number of nitrogens with zero attached hydrogens (tertiary/aromatic N) is 2. The minimum Gasteiger partial charge on any atom is -0.322 e. The summed E-state index contributed by atoms with van der Waals surface area (Å²) in [5, 5.41) is 3.01. The first-order chi connectivity index (χ1) is 12.1. The Morgan fingerprint density at radius 1 is 1.08 bits per heavy atom. The Hall–Kier alpha value is -1.98. The van der Waals surface area contributed by atoms with Gasteiger partial charge in [-0.05, 0) is 36.9 Å². The van der Waals surface area contributed by atoms with Gasteiger partial charge in [0.25, 0.3) is 0 Å². The van der Waals surface area contributed by atoms with Crippen LogP contribution < -0.4 is 5.32 Å². The molecular weight excluding hydrogens is 330 g/mol. The van der Waals surface area contributed by atoms with Crippen molar-refractivity contribution in [2.24, 2.45) is 0 Å². The summed E-state index contributed by atoms with van der Waals surface area (Å²) in [6.07, 6.45) is 2.04. The van der Waals surface area contributed by atoms with Crippen LogP contribution in [0.1, 0.15) is 11.1 Å². The molecule has 0 bridgehead atoms. The van der Waals surface area contributed by atoms with E-state index in [1.54, 1.807) is 11.8 Å². The van der Waals surface area contributed by atoms with Crippen LogP contribution in [-0.2, 0) is 6.54 Å². The molecule has 1 fully saturated rings. The van der Waals surface area contributed by atoms with Crippen LogP contribution in [-0.4, -0.2) is 48.3 Å². The summed E-state index contributed by atoms with van der Waals surface area (Å²) in [7, 11) is 0. The van der Waals surface area contributed by atoms with Crippen LogP contribution in [0.5, 0.6) is 0 Å². The van der Waals surface area contributed by atoms with E-state index in [0.717, 1.165) is 43.3 Å². The summed E-state index contributed by atoms with van der Waals surface area (Å²) in [5.41, 5.74) is 3.48. The molecule has 1 heterocycles. The molecule has 0 aliphatic carbocycles. The first-order valence-electron chi connectivity index (χ1n) is 8.62. The Labute approximate surface area is 154 Å². The Kier molecular flexibility index (Phi) is 6.00. The fourth-order valence-electron chi connectivity index (χ4n) is 2.96. The molecule has 1 N–H and O–H groups in total. The predicted molar refractivity (Wildman–Crippen MR) is 105 cm³/mol. The van der Waals surface area contributed by atoms with Crippen molar-refractivity contribution in [3.8, 4) is 0 Å². The third-order valence-corrected chi connectivity index (χ3v) is 5.23. The highest BCUT2D eigenvalue weighted by Gasteiger charge is 2.21. The van der Waals surface area contributed by atoms with Crippen molar-refractivity contribution in [2.75, 3.05) is 37.8 Å². The van der Waals surface area contributed by atoms with Crippen molar-refractivity contribution in [1.82, 2.24) is 9.80 Å². The minimum atomic E-state index is -0.00626. The lowest BCUT2D eigenvalue weighted by atomic mass is 10.1. The molecule has 2 aromatic carbocycles. The number of hydrogen-bond donors (Lipinski definition) is 1. The van der Waals surface area contributed by atoms with E-state index in [2.05, 4.69) is 41.4 Å². The quantitative estimate of drug-likeness (QED) is 0.840. The van der Waals surface area contributed by atoms with Crippen molar-refractivity contribution >= 4 is 23.5 Å². The maximum atomic E-state index is 12.5. The number of aryl methyl sites for hydroxylation is 1. The average Bonchev–Trinajstić information content (AvgIpc) is 2.64. The topological polar surface area (TPSA) is 35.6 Å². The predicted octanol–water partition coefficient (Wildman–Crippen LogP) is 4.07. The number of anilines is 1. The molecule has 1 saturated heterocycles. The number of carbonyl (C=O) groups is 1. The molecule has 0 radical (unpaired) electrons. The van der Waals surface area contributed by atoms with Crippen molar-refractivity contribution in [1.29, 1.82) is 0 Å². The Morgan fingerprint density at radius 2 is 1.80 bits per heavy atom. The smallest absolute Gasteiger partial charge is 0.321 e. The van der Waals surface area contributed by atoms with E-state index < -0.39 is 0 Å². The van der Waals surface area contributed by atoms with Gasteiger partial charge in [-0.3, -0.25) is 4.90 Å². The maximum absolute atomic E-state index is 12.5. The van der Waals surface area contributed by atoms with Crippen LogP contribution in [0.25, 0.3) is 0 Å². The van der Waals surface area contributed by atoms with Gasteiger partial charge < -0.3 is 10.2 Å². The highest BCUT2D eigenvalue weighted by atomic mass is 32.2. The molecule has 0 unspecified atom stereocenters. The van der Waals surface area contributed by atoms with Crippen molar-refractivity contribution < 1.29 is 4.79 Å². The van der Waals surface area contributed by atoms with E-state index in [1.165, 1.54) is 11.1 Å². The maximum Gasteiger partial charge on any atom is 0.321 e. The number of urea groups is 1. The zero-order valence-electron chi connectivity index (χ0n) is 14.9. The Morgan fingerprint density at radius 3 is 2.48 bits per heavy atom. The zero-order chi connectivity index (χ0) is 17.6. The lowest BCUT2D eigenvalue weighted by Crippen LogP contribution is -2.49. The van der Waals surface area contributed by atoms with Crippen molar-refractivity contribution in [3.05, 3.63) is 59.7 Å². The van der Waals surface area contributed by atoms with Gasteiger partial charge in [-0.15, -0.1) is 11.8 Å². The van der Waals surface area contributed by atoms with Crippen LogP contribution in [0.15, 0.2) is 53.4 Å². The van der Waals surface area contributed by atoms with Gasteiger partial charge in [0.15, 0.2) is 0 Å². The summed E-state index contributed by atoms with van der Waals surface area (Å²) in [6.45, 7) is 6.40. The van der Waals surface area contributed by atoms with Crippen LogP contribution >= 0.6 is 11.8 Å². The van der Waals surface area contributed by atoms with Gasteiger partial charge in [-0.1, -0.05) is 35.9 Å². The lowest BCUT2D eigenvalue weighted by Gasteiger charge is -2.34. The summed E-state index contributed by atoms with van der Waals surface area (Å²) < 4.78 is 0. The lowest BCUT2D eigenvalue weighted by molar-refractivity contribution is 0.143. The molecule has 0 atom stereocenters. The van der Waals surface area contributed by atoms with Crippen LogP contribution in [0.3, 0.4) is 0 Å². The summed E-state index contributed by atoms with van der Waals surface area (Å²) in [5.74, 6) is 0. The molecule has 2 aromatic rings. The summed E-state index contributed by atoms with van der Waals surface area (Å²) in [6, 6.07) is 16.6. The second-order valence-corrected chi connectivity index (χ2v) is 7.29. The largest absolute Gasteiger partial charge is 0.322 e. The van der Waals surface area contributed by atoms with Gasteiger partial charge in [0.1, 0.15) is 0 Å². The molecule has 1 aliphatic heterocycles. The Bertz CT molecular complexity index is 709. The van der Waals surface area contributed by atoms with Gasteiger partial charge in [-0.2, -0.15) is 0 Å². The summed E-state index contributed by atoms with van der Waals surface area (Å²) in [4.78, 5) is 17.9. The highest BCUT2D eigenvalue weighted by Crippen LogP contribution is 2.19. The van der Waals surface area contributed by atoms with E-state index in [9.17, 15) is 4.79 Å². The van der Waals surface area contributed by atoms with Gasteiger partial charge >= 0.3 is 6.03 Å². The number of hydrogen-bond acceptors (Lipinski definition) is 3. The molecule has 1 aliphatic rings. The second-order valence-electron chi connectivity index (χ2n) is 6.41. The molecular formula is C20H25N3OS. The van der Waals surface area contributed by atoms with Gasteiger partial charge in [0, 0.05) is 43.3 Å². The third-order valence-electron chi connectivity index (χ3n) is 4.51. The van der Waals surface area contributed by atoms with Crippen molar-refractivity contribution in [3.63, 3.8) is 0 Å². The third kappa shape index (κ3) is 5.00. The SMILES string of the molecule is CSc1cccc(NC(=O)N2CCN(Cc3ccc(C)cc3)CC2)c1. The number of nitrogens with one attached hydrogen (secondary N) is 1. The van der Waals surface area contributed by atoms with Gasteiger partial charge in [0.05, 0.1) is 0 Å². The molecule has 0 saturated carbocycles. The second kappa shape index (κ2) is 8.41. The summed E-state index contributed by atoms with van der Waals surface area (Å²) >= 11 is 1.68. The molecule has 4 nitrogen and oxygen atoms in total. The molecule has 3 rings (SSSR count). The molecule has 2 amide bonds. The number of amides is 2. The zero-order valence-corrected chi connectivity index (χ0v) is 15.7. The fourth-order valence-corrected chi connectivity index (χ4v) is 3.42. The number of piperazine rings is 1. The van der Waals surface area contributed by atoms with E-state index in [0.29, 0.717) is 0 Å². The Balaban J connectivity index is 1.49.